The van der Waals surface area contributed by atoms with Gasteiger partial charge in [-0.25, -0.2) is 24.1 Å². The molecule has 2 heterocycles. The zero-order valence-corrected chi connectivity index (χ0v) is 30.0. The maximum atomic E-state index is 13.2. The van der Waals surface area contributed by atoms with Gasteiger partial charge >= 0.3 is 42.8 Å². The number of nitrogens with one attached hydrogen (secondary N) is 3. The average Bonchev–Trinajstić information content (AvgIpc) is 3.79. The quantitative estimate of drug-likeness (QED) is 0.0765. The number of nitrogens with zero attached hydrogens (tertiary/aromatic N) is 8. The van der Waals surface area contributed by atoms with Crippen LogP contribution in [-0.2, 0) is 38.5 Å². The zero-order valence-electron chi connectivity index (χ0n) is 30.0. The SMILES string of the molecule is [C-]#[N+]c1ccc(N(Cc2noc(CNC(=O)NC(N)=O)n2)CC(F)(F)F)cc1C(F)(F)F.[C-]#[N+]c1ccc(N(Cc2noc(CNC(N)=O)n2)CC(F)(F)F)cc1C(F)(F)F. The molecule has 61 heavy (non-hydrogen) atoms. The number of nitrogens with two attached hydrogens (primary N) is 2. The molecule has 2 aromatic heterocycles. The van der Waals surface area contributed by atoms with Crippen molar-refractivity contribution in [3.63, 3.8) is 0 Å². The summed E-state index contributed by atoms with van der Waals surface area (Å²) >= 11 is 0. The van der Waals surface area contributed by atoms with E-state index < -0.39 is 109 Å². The van der Waals surface area contributed by atoms with E-state index >= 15 is 0 Å². The number of carbonyl (C=O) groups excluding carboxylic acids is 3. The molecule has 4 rings (SSSR count). The third-order valence-electron chi connectivity index (χ3n) is 7.02. The van der Waals surface area contributed by atoms with E-state index in [0.717, 1.165) is 24.3 Å². The molecule has 0 aliphatic rings. The minimum atomic E-state index is -4.96. The fraction of sp³-hybridized carbons (Fsp3) is 0.323. The summed E-state index contributed by atoms with van der Waals surface area (Å²) < 4.78 is 166. The Morgan fingerprint density at radius 2 is 1.03 bits per heavy atom. The van der Waals surface area contributed by atoms with Crippen molar-refractivity contribution in [2.45, 2.75) is 50.9 Å². The van der Waals surface area contributed by atoms with Crippen molar-refractivity contribution in [1.29, 1.82) is 0 Å². The Morgan fingerprint density at radius 1 is 0.639 bits per heavy atom. The molecule has 0 saturated carbocycles. The number of benzene rings is 2. The minimum absolute atomic E-state index is 0.162. The maximum absolute atomic E-state index is 13.2. The van der Waals surface area contributed by atoms with Crippen molar-refractivity contribution in [2.24, 2.45) is 11.5 Å². The molecular weight excluding hydrogens is 862 g/mol. The molecule has 328 valence electrons. The number of amides is 6. The number of aromatic nitrogens is 4. The molecule has 0 bridgehead atoms. The Hall–Kier alpha value is -7.53. The highest BCUT2D eigenvalue weighted by Crippen LogP contribution is 2.41. The summed E-state index contributed by atoms with van der Waals surface area (Å²) in [7, 11) is 0. The molecule has 2 aromatic carbocycles. The molecule has 30 heteroatoms. The summed E-state index contributed by atoms with van der Waals surface area (Å²) in [5.41, 5.74) is 4.41. The van der Waals surface area contributed by atoms with Crippen LogP contribution in [0.1, 0.15) is 34.6 Å². The van der Waals surface area contributed by atoms with Crippen molar-refractivity contribution >= 4 is 40.8 Å². The summed E-state index contributed by atoms with van der Waals surface area (Å²) in [6, 6.07) is 1.28. The van der Waals surface area contributed by atoms with E-state index in [4.69, 9.17) is 33.7 Å². The van der Waals surface area contributed by atoms with Gasteiger partial charge in [-0.3, -0.25) is 5.32 Å². The molecule has 18 nitrogen and oxygen atoms in total. The fourth-order valence-electron chi connectivity index (χ4n) is 4.67. The zero-order chi connectivity index (χ0) is 45.9. The Morgan fingerprint density at radius 3 is 1.36 bits per heavy atom. The first-order valence-electron chi connectivity index (χ1n) is 16.0. The number of carbonyl (C=O) groups is 3. The van der Waals surface area contributed by atoms with Gasteiger partial charge in [0.2, 0.25) is 11.8 Å². The molecule has 7 N–H and O–H groups in total. The minimum Gasteiger partial charge on any atom is -0.355 e. The standard InChI is InChI=1S/C16H13F6N7O3.C15H12F6N6O2/c1-24-10-3-2-8(4-9(10)16(20,21)22)29(7-15(17,18)19)6-11-26-12(32-28-11)5-25-14(31)27-13(23)30;1-23-10-3-2-8(4-9(10)15(19,20)21)27(7-14(16,17)18)6-11-25-12(29-26-11)5-24-13(22)28/h2-4H,5-7H2,(H4,23,25,27,30,31);2-4H,5-7H2,(H3,22,24,28). The molecule has 0 spiro atoms. The van der Waals surface area contributed by atoms with Crippen molar-refractivity contribution in [3.8, 4) is 0 Å². The van der Waals surface area contributed by atoms with E-state index in [1.54, 1.807) is 5.32 Å². The van der Waals surface area contributed by atoms with Crippen LogP contribution in [0.25, 0.3) is 9.69 Å². The highest BCUT2D eigenvalue weighted by Gasteiger charge is 2.38. The summed E-state index contributed by atoms with van der Waals surface area (Å²) in [6.45, 7) is 8.32. The number of hydrogen-bond acceptors (Lipinski definition) is 11. The number of alkyl halides is 12. The number of halogens is 12. The third-order valence-corrected chi connectivity index (χ3v) is 7.02. The van der Waals surface area contributed by atoms with Gasteiger partial charge < -0.3 is 40.9 Å². The summed E-state index contributed by atoms with van der Waals surface area (Å²) in [6.07, 6.45) is -19.4. The molecular formula is C31H25F12N13O5. The van der Waals surface area contributed by atoms with Crippen LogP contribution in [-0.4, -0.2) is 63.8 Å². The highest BCUT2D eigenvalue weighted by atomic mass is 19.4. The van der Waals surface area contributed by atoms with Crippen LogP contribution >= 0.6 is 0 Å². The Bertz CT molecular complexity index is 2260. The molecule has 0 radical (unpaired) electrons. The number of hydrogen-bond donors (Lipinski definition) is 5. The lowest BCUT2D eigenvalue weighted by atomic mass is 10.1. The number of primary amides is 2. The molecule has 0 aliphatic carbocycles. The van der Waals surface area contributed by atoms with Crippen molar-refractivity contribution in [2.75, 3.05) is 22.9 Å². The van der Waals surface area contributed by atoms with Crippen LogP contribution in [0.4, 0.5) is 89.8 Å². The summed E-state index contributed by atoms with van der Waals surface area (Å²) in [5.74, 6) is -1.02. The Kier molecular flexibility index (Phi) is 15.3. The monoisotopic (exact) mass is 887 g/mol. The summed E-state index contributed by atoms with van der Waals surface area (Å²) in [4.78, 5) is 46.5. The molecule has 6 amide bonds. The molecule has 0 aliphatic heterocycles. The fourth-order valence-corrected chi connectivity index (χ4v) is 4.67. The van der Waals surface area contributed by atoms with Gasteiger partial charge in [0.25, 0.3) is 0 Å². The van der Waals surface area contributed by atoms with Gasteiger partial charge in [-0.1, -0.05) is 22.4 Å². The van der Waals surface area contributed by atoms with Gasteiger partial charge in [0.15, 0.2) is 23.0 Å². The van der Waals surface area contributed by atoms with E-state index in [9.17, 15) is 67.1 Å². The van der Waals surface area contributed by atoms with Gasteiger partial charge in [0, 0.05) is 11.4 Å². The van der Waals surface area contributed by atoms with Crippen molar-refractivity contribution in [3.05, 3.63) is 93.8 Å². The number of anilines is 2. The highest BCUT2D eigenvalue weighted by molar-refractivity contribution is 5.92. The van der Waals surface area contributed by atoms with E-state index in [1.807, 2.05) is 0 Å². The van der Waals surface area contributed by atoms with E-state index in [1.165, 1.54) is 0 Å². The van der Waals surface area contributed by atoms with Crippen LogP contribution in [0.15, 0.2) is 45.4 Å². The average molecular weight is 888 g/mol. The maximum Gasteiger partial charge on any atom is 0.407 e. The van der Waals surface area contributed by atoms with E-state index in [-0.39, 0.29) is 30.0 Å². The summed E-state index contributed by atoms with van der Waals surface area (Å²) in [5, 5.41) is 12.8. The van der Waals surface area contributed by atoms with E-state index in [2.05, 4.69) is 40.6 Å². The van der Waals surface area contributed by atoms with Gasteiger partial charge in [0.05, 0.1) is 50.5 Å². The molecule has 0 fully saturated rings. The lowest BCUT2D eigenvalue weighted by Gasteiger charge is -2.25. The predicted molar refractivity (Wildman–Crippen MR) is 180 cm³/mol. The first kappa shape index (κ1) is 47.8. The second kappa shape index (κ2) is 19.5. The van der Waals surface area contributed by atoms with Gasteiger partial charge in [-0.15, -0.1) is 0 Å². The largest absolute Gasteiger partial charge is 0.407 e. The van der Waals surface area contributed by atoms with Gasteiger partial charge in [0.1, 0.15) is 13.1 Å². The van der Waals surface area contributed by atoms with Crippen LogP contribution in [0.2, 0.25) is 0 Å². The molecule has 0 atom stereocenters. The van der Waals surface area contributed by atoms with Crippen molar-refractivity contribution in [1.82, 2.24) is 36.2 Å². The van der Waals surface area contributed by atoms with Gasteiger partial charge in [-0.2, -0.15) is 62.7 Å². The number of urea groups is 3. The molecule has 0 unspecified atom stereocenters. The molecule has 4 aromatic rings. The van der Waals surface area contributed by atoms with Crippen LogP contribution < -0.4 is 37.2 Å². The van der Waals surface area contributed by atoms with Crippen LogP contribution in [0, 0.1) is 13.1 Å². The van der Waals surface area contributed by atoms with E-state index in [0.29, 0.717) is 21.9 Å². The number of imide groups is 1. The Labute approximate surface area is 332 Å². The predicted octanol–water partition coefficient (Wildman–Crippen LogP) is 6.46. The first-order valence-corrected chi connectivity index (χ1v) is 16.0. The van der Waals surface area contributed by atoms with Crippen LogP contribution in [0.3, 0.4) is 0 Å². The lowest BCUT2D eigenvalue weighted by Crippen LogP contribution is -2.41. The smallest absolute Gasteiger partial charge is 0.355 e. The molecule has 0 saturated heterocycles. The first-order chi connectivity index (χ1) is 28.2. The lowest BCUT2D eigenvalue weighted by molar-refractivity contribution is -0.137. The number of rotatable bonds is 12. The van der Waals surface area contributed by atoms with Gasteiger partial charge in [-0.05, 0) is 24.3 Å². The van der Waals surface area contributed by atoms with Crippen molar-refractivity contribution < 1.29 is 76.1 Å². The second-order valence-corrected chi connectivity index (χ2v) is 11.7. The normalized spacial score (nSPS) is 11.6. The Balaban J connectivity index is 0.000000327. The third kappa shape index (κ3) is 15.6. The second-order valence-electron chi connectivity index (χ2n) is 11.7. The van der Waals surface area contributed by atoms with Crippen LogP contribution in [0.5, 0.6) is 0 Å². The topological polar surface area (TPSA) is 232 Å².